The predicted molar refractivity (Wildman–Crippen MR) is 78.1 cm³/mol. The molecule has 0 atom stereocenters. The van der Waals surface area contributed by atoms with Crippen LogP contribution in [0.1, 0.15) is 21.5 Å². The van der Waals surface area contributed by atoms with Gasteiger partial charge in [-0.15, -0.1) is 0 Å². The largest absolute Gasteiger partial charge is 0.478 e. The first-order valence-corrected chi connectivity index (χ1v) is 6.75. The number of para-hydroxylation sites is 1. The van der Waals surface area contributed by atoms with Gasteiger partial charge >= 0.3 is 5.97 Å². The molecule has 0 aliphatic carbocycles. The van der Waals surface area contributed by atoms with Gasteiger partial charge in [0.2, 0.25) is 0 Å². The molecular formula is C16H11N3O3. The zero-order chi connectivity index (χ0) is 15.1. The molecule has 1 aromatic heterocycles. The van der Waals surface area contributed by atoms with Gasteiger partial charge in [-0.2, -0.15) is 15.4 Å². The number of carbonyl (C=O) groups is 1. The average molecular weight is 293 g/mol. The van der Waals surface area contributed by atoms with Gasteiger partial charge in [-0.3, -0.25) is 0 Å². The van der Waals surface area contributed by atoms with E-state index in [0.717, 1.165) is 11.3 Å². The Morgan fingerprint density at radius 3 is 2.82 bits per heavy atom. The van der Waals surface area contributed by atoms with Crippen LogP contribution < -0.4 is 4.74 Å². The summed E-state index contributed by atoms with van der Waals surface area (Å²) in [5.74, 6) is 0.335. The molecule has 0 fully saturated rings. The fraction of sp³-hybridized carbons (Fsp3) is 0.0625. The number of rotatable bonds is 2. The summed E-state index contributed by atoms with van der Waals surface area (Å²) in [4.78, 5) is 11.8. The molecule has 2 aromatic carbocycles. The molecular weight excluding hydrogens is 282 g/mol. The fourth-order valence-corrected chi connectivity index (χ4v) is 2.75. The van der Waals surface area contributed by atoms with E-state index in [2.05, 4.69) is 15.4 Å². The lowest BCUT2D eigenvalue weighted by atomic mass is 9.91. The molecule has 0 unspecified atom stereocenters. The molecule has 0 bridgehead atoms. The Balaban J connectivity index is 1.93. The second-order valence-electron chi connectivity index (χ2n) is 5.01. The highest BCUT2D eigenvalue weighted by Gasteiger charge is 2.26. The summed E-state index contributed by atoms with van der Waals surface area (Å²) in [6, 6.07) is 11.1. The Labute approximate surface area is 125 Å². The van der Waals surface area contributed by atoms with E-state index in [1.165, 1.54) is 6.20 Å². The minimum absolute atomic E-state index is 0.209. The fourth-order valence-electron chi connectivity index (χ4n) is 2.75. The molecule has 4 rings (SSSR count). The summed E-state index contributed by atoms with van der Waals surface area (Å²) in [5.41, 5.74) is 2.87. The number of benzene rings is 2. The minimum atomic E-state index is -1.00. The molecule has 2 heterocycles. The summed E-state index contributed by atoms with van der Waals surface area (Å²) in [6.45, 7) is 0. The number of hydrogen-bond donors (Lipinski definition) is 2. The second-order valence-corrected chi connectivity index (χ2v) is 5.01. The molecule has 0 radical (unpaired) electrons. The average Bonchev–Trinajstić information content (AvgIpc) is 3.05. The standard InChI is InChI=1S/C16H11N3O3/c20-16(21)15-10(12-8-17-19-18-12)5-6-14-11(15)7-9-3-1-2-4-13(9)22-14/h1-6,8H,7H2,(H,20,21)(H,17,18,19). The number of nitrogens with zero attached hydrogens (tertiary/aromatic N) is 2. The smallest absolute Gasteiger partial charge is 0.336 e. The molecule has 0 saturated heterocycles. The van der Waals surface area contributed by atoms with Crippen molar-refractivity contribution in [3.8, 4) is 22.8 Å². The van der Waals surface area contributed by atoms with Gasteiger partial charge in [-0.1, -0.05) is 18.2 Å². The Kier molecular flexibility index (Phi) is 2.69. The van der Waals surface area contributed by atoms with E-state index in [4.69, 9.17) is 4.74 Å². The van der Waals surface area contributed by atoms with Crippen LogP contribution in [0.25, 0.3) is 11.3 Å². The van der Waals surface area contributed by atoms with Crippen molar-refractivity contribution in [1.82, 2.24) is 15.4 Å². The maximum Gasteiger partial charge on any atom is 0.336 e. The van der Waals surface area contributed by atoms with Crippen LogP contribution in [0.4, 0.5) is 0 Å². The van der Waals surface area contributed by atoms with Gasteiger partial charge in [0.25, 0.3) is 0 Å². The quantitative estimate of drug-likeness (QED) is 0.593. The molecule has 0 spiro atoms. The van der Waals surface area contributed by atoms with Crippen LogP contribution in [0.5, 0.6) is 11.5 Å². The number of ether oxygens (including phenoxy) is 1. The molecule has 6 heteroatoms. The number of carboxylic acids is 1. The van der Waals surface area contributed by atoms with E-state index in [0.29, 0.717) is 29.0 Å². The van der Waals surface area contributed by atoms with Crippen molar-refractivity contribution in [3.63, 3.8) is 0 Å². The number of carboxylic acid groups (broad SMARTS) is 1. The first-order valence-electron chi connectivity index (χ1n) is 6.75. The van der Waals surface area contributed by atoms with Crippen LogP contribution in [-0.4, -0.2) is 26.5 Å². The summed E-state index contributed by atoms with van der Waals surface area (Å²) in [7, 11) is 0. The number of hydrogen-bond acceptors (Lipinski definition) is 4. The lowest BCUT2D eigenvalue weighted by Gasteiger charge is -2.22. The number of fused-ring (bicyclic) bond motifs is 2. The molecule has 6 nitrogen and oxygen atoms in total. The Morgan fingerprint density at radius 2 is 2.05 bits per heavy atom. The van der Waals surface area contributed by atoms with E-state index in [1.807, 2.05) is 24.3 Å². The zero-order valence-electron chi connectivity index (χ0n) is 11.4. The number of nitrogens with one attached hydrogen (secondary N) is 1. The number of H-pyrrole nitrogens is 1. The van der Waals surface area contributed by atoms with Crippen LogP contribution in [-0.2, 0) is 6.42 Å². The molecule has 0 amide bonds. The maximum absolute atomic E-state index is 11.8. The van der Waals surface area contributed by atoms with Crippen molar-refractivity contribution < 1.29 is 14.6 Å². The van der Waals surface area contributed by atoms with Crippen LogP contribution in [0.2, 0.25) is 0 Å². The molecule has 1 aliphatic heterocycles. The number of aromatic carboxylic acids is 1. The van der Waals surface area contributed by atoms with Gasteiger partial charge in [0, 0.05) is 17.5 Å². The first-order chi connectivity index (χ1) is 10.7. The minimum Gasteiger partial charge on any atom is -0.478 e. The van der Waals surface area contributed by atoms with Crippen molar-refractivity contribution in [2.75, 3.05) is 0 Å². The van der Waals surface area contributed by atoms with Gasteiger partial charge in [-0.25, -0.2) is 4.79 Å². The third kappa shape index (κ3) is 1.85. The van der Waals surface area contributed by atoms with Crippen LogP contribution in [0, 0.1) is 0 Å². The number of aromatic amines is 1. The normalized spacial score (nSPS) is 12.2. The monoisotopic (exact) mass is 293 g/mol. The first kappa shape index (κ1) is 12.6. The SMILES string of the molecule is O=C(O)c1c(-c2cn[nH]n2)ccc2c1Cc1ccccc1O2. The number of aromatic nitrogens is 3. The summed E-state index contributed by atoms with van der Waals surface area (Å²) in [6.07, 6.45) is 2.02. The third-order valence-corrected chi connectivity index (χ3v) is 3.73. The van der Waals surface area contributed by atoms with Crippen molar-refractivity contribution >= 4 is 5.97 Å². The summed E-state index contributed by atoms with van der Waals surface area (Å²) >= 11 is 0. The van der Waals surface area contributed by atoms with Crippen molar-refractivity contribution in [3.05, 3.63) is 59.3 Å². The molecule has 3 aromatic rings. The second kappa shape index (κ2) is 4.70. The van der Waals surface area contributed by atoms with E-state index >= 15 is 0 Å². The van der Waals surface area contributed by atoms with E-state index < -0.39 is 5.97 Å². The molecule has 0 saturated carbocycles. The van der Waals surface area contributed by atoms with Gasteiger partial charge in [0.1, 0.15) is 17.2 Å². The highest BCUT2D eigenvalue weighted by Crippen LogP contribution is 2.40. The van der Waals surface area contributed by atoms with E-state index in [1.54, 1.807) is 12.1 Å². The van der Waals surface area contributed by atoms with Crippen molar-refractivity contribution in [2.45, 2.75) is 6.42 Å². The van der Waals surface area contributed by atoms with Gasteiger partial charge in [-0.05, 0) is 23.8 Å². The van der Waals surface area contributed by atoms with Crippen molar-refractivity contribution in [1.29, 1.82) is 0 Å². The third-order valence-electron chi connectivity index (χ3n) is 3.73. The van der Waals surface area contributed by atoms with Gasteiger partial charge in [0.15, 0.2) is 0 Å². The van der Waals surface area contributed by atoms with Crippen LogP contribution >= 0.6 is 0 Å². The maximum atomic E-state index is 11.8. The zero-order valence-corrected chi connectivity index (χ0v) is 11.4. The molecule has 1 aliphatic rings. The summed E-state index contributed by atoms with van der Waals surface area (Å²) < 4.78 is 5.83. The Hall–Kier alpha value is -3.15. The topological polar surface area (TPSA) is 88.1 Å². The van der Waals surface area contributed by atoms with Crippen molar-refractivity contribution in [2.24, 2.45) is 0 Å². The predicted octanol–water partition coefficient (Wildman–Crippen LogP) is 2.87. The van der Waals surface area contributed by atoms with E-state index in [-0.39, 0.29) is 5.56 Å². The highest BCUT2D eigenvalue weighted by atomic mass is 16.5. The Morgan fingerprint density at radius 1 is 1.18 bits per heavy atom. The van der Waals surface area contributed by atoms with Gasteiger partial charge < -0.3 is 9.84 Å². The van der Waals surface area contributed by atoms with E-state index in [9.17, 15) is 9.90 Å². The summed E-state index contributed by atoms with van der Waals surface area (Å²) in [5, 5.41) is 19.9. The Bertz CT molecular complexity index is 872. The highest BCUT2D eigenvalue weighted by molar-refractivity contribution is 5.98. The molecule has 2 N–H and O–H groups in total. The van der Waals surface area contributed by atoms with Gasteiger partial charge in [0.05, 0.1) is 11.8 Å². The lowest BCUT2D eigenvalue weighted by molar-refractivity contribution is 0.0696. The van der Waals surface area contributed by atoms with Crippen LogP contribution in [0.3, 0.4) is 0 Å². The van der Waals surface area contributed by atoms with Crippen LogP contribution in [0.15, 0.2) is 42.6 Å². The lowest BCUT2D eigenvalue weighted by Crippen LogP contribution is -2.11. The molecule has 22 heavy (non-hydrogen) atoms. The molecule has 108 valence electrons.